The molecular formula is C24H21N5O. The number of aromatic amines is 1. The Hall–Kier alpha value is -4.11. The number of anilines is 1. The molecule has 6 nitrogen and oxygen atoms in total. The number of aryl methyl sites for hydroxylation is 1. The van der Waals surface area contributed by atoms with Crippen LogP contribution in [-0.4, -0.2) is 22.3 Å². The van der Waals surface area contributed by atoms with E-state index in [9.17, 15) is 0 Å². The van der Waals surface area contributed by atoms with Crippen LogP contribution in [0.15, 0.2) is 66.9 Å². The molecule has 0 spiro atoms. The van der Waals surface area contributed by atoms with E-state index in [1.165, 1.54) is 0 Å². The summed E-state index contributed by atoms with van der Waals surface area (Å²) in [5, 5.41) is 19.9. The fourth-order valence-corrected chi connectivity index (χ4v) is 3.31. The van der Waals surface area contributed by atoms with E-state index in [4.69, 9.17) is 10.00 Å². The largest absolute Gasteiger partial charge is 0.497 e. The van der Waals surface area contributed by atoms with Crippen LogP contribution in [0.2, 0.25) is 0 Å². The lowest BCUT2D eigenvalue weighted by atomic mass is 9.99. The van der Waals surface area contributed by atoms with Gasteiger partial charge in [-0.1, -0.05) is 6.07 Å². The smallest absolute Gasteiger partial charge is 0.126 e. The fourth-order valence-electron chi connectivity index (χ4n) is 3.31. The highest BCUT2D eigenvalue weighted by atomic mass is 16.5. The summed E-state index contributed by atoms with van der Waals surface area (Å²) in [7, 11) is 1.65. The molecule has 0 aliphatic rings. The molecule has 4 rings (SSSR count). The van der Waals surface area contributed by atoms with Gasteiger partial charge < -0.3 is 10.1 Å². The number of nitrogens with one attached hydrogen (secondary N) is 2. The molecule has 0 fully saturated rings. The molecule has 2 N–H and O–H groups in total. The van der Waals surface area contributed by atoms with Crippen molar-refractivity contribution in [1.29, 1.82) is 5.26 Å². The topological polar surface area (TPSA) is 86.6 Å². The maximum absolute atomic E-state index is 9.06. The van der Waals surface area contributed by atoms with Crippen LogP contribution >= 0.6 is 0 Å². The van der Waals surface area contributed by atoms with Gasteiger partial charge in [-0.05, 0) is 83.8 Å². The predicted octanol–water partition coefficient (Wildman–Crippen LogP) is 4.94. The standard InChI is InChI=1S/C24H21N5O/c1-16-11-17(14-25)3-8-22(16)19-9-10-26-24(12-19)27-15-20-13-23(29-28-20)18-4-6-21(30-2)7-5-18/h3-13H,15H2,1-2H3,(H,26,27)(H,28,29). The van der Waals surface area contributed by atoms with E-state index in [-0.39, 0.29) is 0 Å². The molecule has 0 saturated heterocycles. The summed E-state index contributed by atoms with van der Waals surface area (Å²) in [6.07, 6.45) is 1.78. The summed E-state index contributed by atoms with van der Waals surface area (Å²) in [5.41, 5.74) is 6.74. The summed E-state index contributed by atoms with van der Waals surface area (Å²) in [4.78, 5) is 4.41. The molecule has 0 atom stereocenters. The number of H-pyrrole nitrogens is 1. The van der Waals surface area contributed by atoms with Gasteiger partial charge in [-0.15, -0.1) is 0 Å². The first-order chi connectivity index (χ1) is 14.7. The van der Waals surface area contributed by atoms with Gasteiger partial charge in [-0.3, -0.25) is 5.10 Å². The number of ether oxygens (including phenoxy) is 1. The van der Waals surface area contributed by atoms with E-state index in [2.05, 4.69) is 26.6 Å². The lowest BCUT2D eigenvalue weighted by molar-refractivity contribution is 0.415. The van der Waals surface area contributed by atoms with Gasteiger partial charge in [-0.25, -0.2) is 4.98 Å². The maximum Gasteiger partial charge on any atom is 0.126 e. The molecule has 6 heteroatoms. The number of hydrogen-bond acceptors (Lipinski definition) is 5. The van der Waals surface area contributed by atoms with Crippen LogP contribution in [0.1, 0.15) is 16.8 Å². The highest BCUT2D eigenvalue weighted by Crippen LogP contribution is 2.26. The number of nitrogens with zero attached hydrogens (tertiary/aromatic N) is 3. The minimum Gasteiger partial charge on any atom is -0.497 e. The first kappa shape index (κ1) is 19.2. The Balaban J connectivity index is 1.46. The number of methoxy groups -OCH3 is 1. The zero-order chi connectivity index (χ0) is 20.9. The third-order valence-electron chi connectivity index (χ3n) is 4.91. The maximum atomic E-state index is 9.06. The quantitative estimate of drug-likeness (QED) is 0.483. The Bertz CT molecular complexity index is 1210. The number of aromatic nitrogens is 3. The molecule has 0 amide bonds. The molecule has 2 aromatic carbocycles. The normalized spacial score (nSPS) is 10.4. The predicted molar refractivity (Wildman–Crippen MR) is 117 cm³/mol. The van der Waals surface area contributed by atoms with Crippen LogP contribution in [0, 0.1) is 18.3 Å². The fraction of sp³-hybridized carbons (Fsp3) is 0.125. The average molecular weight is 395 g/mol. The van der Waals surface area contributed by atoms with Crippen molar-refractivity contribution < 1.29 is 4.74 Å². The van der Waals surface area contributed by atoms with Gasteiger partial charge in [0.05, 0.1) is 36.7 Å². The van der Waals surface area contributed by atoms with Gasteiger partial charge in [0.1, 0.15) is 11.6 Å². The van der Waals surface area contributed by atoms with Crippen molar-refractivity contribution in [3.8, 4) is 34.2 Å². The third kappa shape index (κ3) is 4.15. The van der Waals surface area contributed by atoms with Gasteiger partial charge in [0.25, 0.3) is 0 Å². The van der Waals surface area contributed by atoms with E-state index in [0.717, 1.165) is 45.2 Å². The van der Waals surface area contributed by atoms with Crippen LogP contribution in [0.5, 0.6) is 5.75 Å². The number of nitriles is 1. The minimum absolute atomic E-state index is 0.551. The van der Waals surface area contributed by atoms with Crippen LogP contribution in [0.3, 0.4) is 0 Å². The van der Waals surface area contributed by atoms with Crippen molar-refractivity contribution in [2.75, 3.05) is 12.4 Å². The summed E-state index contributed by atoms with van der Waals surface area (Å²) < 4.78 is 5.20. The Morgan fingerprint density at radius 3 is 2.60 bits per heavy atom. The average Bonchev–Trinajstić information content (AvgIpc) is 3.27. The zero-order valence-electron chi connectivity index (χ0n) is 16.8. The molecule has 30 heavy (non-hydrogen) atoms. The van der Waals surface area contributed by atoms with Crippen LogP contribution < -0.4 is 10.1 Å². The highest BCUT2D eigenvalue weighted by molar-refractivity contribution is 5.70. The van der Waals surface area contributed by atoms with E-state index in [1.54, 1.807) is 13.3 Å². The van der Waals surface area contributed by atoms with Crippen molar-refractivity contribution in [3.05, 3.63) is 83.7 Å². The van der Waals surface area contributed by atoms with Crippen molar-refractivity contribution in [1.82, 2.24) is 15.2 Å². The highest BCUT2D eigenvalue weighted by Gasteiger charge is 2.07. The van der Waals surface area contributed by atoms with Crippen molar-refractivity contribution in [3.63, 3.8) is 0 Å². The third-order valence-corrected chi connectivity index (χ3v) is 4.91. The molecule has 0 aliphatic heterocycles. The molecular weight excluding hydrogens is 374 g/mol. The molecule has 0 radical (unpaired) electrons. The Morgan fingerprint density at radius 2 is 1.87 bits per heavy atom. The SMILES string of the molecule is COc1ccc(-c2cc(CNc3cc(-c4ccc(C#N)cc4C)ccn3)n[nH]2)cc1. The second kappa shape index (κ2) is 8.50. The Kier molecular flexibility index (Phi) is 5.44. The Labute approximate surface area is 175 Å². The lowest BCUT2D eigenvalue weighted by Crippen LogP contribution is -2.01. The van der Waals surface area contributed by atoms with Crippen LogP contribution in [0.25, 0.3) is 22.4 Å². The monoisotopic (exact) mass is 395 g/mol. The van der Waals surface area contributed by atoms with Crippen LogP contribution in [-0.2, 0) is 6.54 Å². The molecule has 2 aromatic heterocycles. The lowest BCUT2D eigenvalue weighted by Gasteiger charge is -2.09. The van der Waals surface area contributed by atoms with Gasteiger partial charge in [0, 0.05) is 6.20 Å². The van der Waals surface area contributed by atoms with Gasteiger partial charge >= 0.3 is 0 Å². The minimum atomic E-state index is 0.551. The summed E-state index contributed by atoms with van der Waals surface area (Å²) in [5.74, 6) is 1.59. The number of pyridine rings is 1. The van der Waals surface area contributed by atoms with Gasteiger partial charge in [0.15, 0.2) is 0 Å². The van der Waals surface area contributed by atoms with Crippen molar-refractivity contribution in [2.45, 2.75) is 13.5 Å². The first-order valence-electron chi connectivity index (χ1n) is 9.56. The molecule has 2 heterocycles. The van der Waals surface area contributed by atoms with Gasteiger partial charge in [0.2, 0.25) is 0 Å². The summed E-state index contributed by atoms with van der Waals surface area (Å²) in [6.45, 7) is 2.56. The first-order valence-corrected chi connectivity index (χ1v) is 9.56. The van der Waals surface area contributed by atoms with E-state index in [1.807, 2.05) is 67.6 Å². The van der Waals surface area contributed by atoms with E-state index >= 15 is 0 Å². The second-order valence-corrected chi connectivity index (χ2v) is 6.93. The molecule has 0 unspecified atom stereocenters. The molecule has 0 aliphatic carbocycles. The molecule has 4 aromatic rings. The number of benzene rings is 2. The number of rotatable bonds is 6. The van der Waals surface area contributed by atoms with Gasteiger partial charge in [-0.2, -0.15) is 10.4 Å². The number of hydrogen-bond donors (Lipinski definition) is 2. The molecule has 0 bridgehead atoms. The van der Waals surface area contributed by atoms with Crippen molar-refractivity contribution in [2.24, 2.45) is 0 Å². The summed E-state index contributed by atoms with van der Waals surface area (Å²) in [6, 6.07) is 21.7. The zero-order valence-corrected chi connectivity index (χ0v) is 16.8. The van der Waals surface area contributed by atoms with E-state index < -0.39 is 0 Å². The molecule has 148 valence electrons. The molecule has 0 saturated carbocycles. The van der Waals surface area contributed by atoms with E-state index in [0.29, 0.717) is 12.1 Å². The second-order valence-electron chi connectivity index (χ2n) is 6.93. The van der Waals surface area contributed by atoms with Crippen molar-refractivity contribution >= 4 is 5.82 Å². The summed E-state index contributed by atoms with van der Waals surface area (Å²) >= 11 is 0. The van der Waals surface area contributed by atoms with Crippen LogP contribution in [0.4, 0.5) is 5.82 Å². The Morgan fingerprint density at radius 1 is 1.03 bits per heavy atom.